The Morgan fingerprint density at radius 2 is 0.521 bits per heavy atom. The van der Waals surface area contributed by atoms with E-state index in [1.54, 1.807) is 24.3 Å². The standard InChI is InChI=1S/C24H18BrN3.C24H18FN3.C24H18N4O2.C23H15Br2N3.C23H15BrClN3/c2*1-15-21(19-9-5-6-10-20(19)26-15)24-27-22(16-7-3-2-4-8-16)23(28-24)17-11-13-18(25)14-12-17;1-15-21(19-9-5-6-10-20(19)25-15)24-26-22(16-7-3-2-4-8-16)23(27-24)17-11-13-18(14-12-17)28(29)30;24-16-8-6-15(7-9-16)22-21(14-4-2-1-3-5-14)27-23(28-22)19-13-26-20-11-10-17(25)12-18(19)20;24-16-8-11-20-18(12-16)19(13-26-20)23-27-21(14-4-2-1-3-5-14)22(28-23)15-6-9-17(25)10-7-15/h2*2-14,26H,1H3,(H,27,28);2-14,25H,1H3,(H,26,27);2*1-13,26H,(H,27,28). The Morgan fingerprint density at radius 3 is 0.824 bits per heavy atom. The molecule has 10 heterocycles. The number of nitro benzene ring substituents is 1. The average molecular weight is 2130 g/mol. The second-order valence-electron chi connectivity index (χ2n) is 34.0. The van der Waals surface area contributed by atoms with Crippen molar-refractivity contribution >= 4 is 136 Å². The zero-order valence-corrected chi connectivity index (χ0v) is 83.4. The van der Waals surface area contributed by atoms with Gasteiger partial charge in [0.2, 0.25) is 0 Å². The molecule has 0 bridgehead atoms. The van der Waals surface area contributed by atoms with Gasteiger partial charge in [0.1, 0.15) is 34.9 Å². The van der Waals surface area contributed by atoms with Gasteiger partial charge in [0.05, 0.1) is 61.9 Å². The van der Waals surface area contributed by atoms with Crippen LogP contribution in [0.25, 0.3) is 224 Å². The number of rotatable bonds is 16. The summed E-state index contributed by atoms with van der Waals surface area (Å²) in [5, 5.41) is 17.4. The van der Waals surface area contributed by atoms with Crippen LogP contribution in [0.4, 0.5) is 10.1 Å². The van der Waals surface area contributed by atoms with Crippen LogP contribution >= 0.6 is 75.3 Å². The van der Waals surface area contributed by atoms with E-state index in [4.69, 9.17) is 36.5 Å². The largest absolute Gasteiger partial charge is 0.360 e. The molecule has 0 radical (unpaired) electrons. The quantitative estimate of drug-likeness (QED) is 0.0330. The molecule has 24 heteroatoms. The van der Waals surface area contributed by atoms with Crippen LogP contribution in [-0.4, -0.2) is 79.7 Å². The number of imidazole rings is 5. The van der Waals surface area contributed by atoms with Crippen molar-refractivity contribution in [1.82, 2.24) is 74.8 Å². The molecule has 142 heavy (non-hydrogen) atoms. The second kappa shape index (κ2) is 40.6. The molecule has 690 valence electrons. The Balaban J connectivity index is 0.000000105. The zero-order chi connectivity index (χ0) is 97.0. The highest BCUT2D eigenvalue weighted by Crippen LogP contribution is 2.45. The minimum absolute atomic E-state index is 0.0622. The van der Waals surface area contributed by atoms with Gasteiger partial charge in [-0.25, -0.2) is 29.3 Å². The Bertz CT molecular complexity index is 8430. The van der Waals surface area contributed by atoms with Gasteiger partial charge in [0.25, 0.3) is 5.69 Å². The maximum absolute atomic E-state index is 13.5. The first-order valence-electron chi connectivity index (χ1n) is 45.7. The van der Waals surface area contributed by atoms with Crippen molar-refractivity contribution in [3.05, 3.63) is 451 Å². The summed E-state index contributed by atoms with van der Waals surface area (Å²) < 4.78 is 17.6. The predicted octanol–water partition coefficient (Wildman–Crippen LogP) is 34.1. The number of benzene rings is 15. The van der Waals surface area contributed by atoms with Crippen LogP contribution < -0.4 is 0 Å². The second-order valence-corrected chi connectivity index (χ2v) is 38.1. The van der Waals surface area contributed by atoms with Gasteiger partial charge in [0.15, 0.2) is 0 Å². The van der Waals surface area contributed by atoms with Crippen molar-refractivity contribution in [1.29, 1.82) is 0 Å². The summed E-state index contributed by atoms with van der Waals surface area (Å²) in [5.74, 6) is 3.86. The molecule has 0 spiro atoms. The van der Waals surface area contributed by atoms with Crippen molar-refractivity contribution in [2.45, 2.75) is 20.8 Å². The highest BCUT2D eigenvalue weighted by atomic mass is 79.9. The van der Waals surface area contributed by atoms with E-state index in [-0.39, 0.29) is 11.5 Å². The molecule has 0 fully saturated rings. The number of hydrogen-bond donors (Lipinski definition) is 10. The summed E-state index contributed by atoms with van der Waals surface area (Å²) in [4.78, 5) is 70.3. The van der Waals surface area contributed by atoms with Gasteiger partial charge in [-0.15, -0.1) is 0 Å². The van der Waals surface area contributed by atoms with Crippen molar-refractivity contribution < 1.29 is 9.31 Å². The van der Waals surface area contributed by atoms with E-state index >= 15 is 0 Å². The summed E-state index contributed by atoms with van der Waals surface area (Å²) in [6.45, 7) is 6.18. The van der Waals surface area contributed by atoms with Gasteiger partial charge in [0, 0.05) is 202 Å². The molecule has 0 amide bonds. The molecule has 10 aromatic heterocycles. The molecule has 0 saturated heterocycles. The van der Waals surface area contributed by atoms with E-state index in [1.807, 2.05) is 220 Å². The van der Waals surface area contributed by atoms with Crippen molar-refractivity contribution in [3.63, 3.8) is 0 Å². The Hall–Kier alpha value is -16.4. The molecule has 10 N–H and O–H groups in total. The number of nitrogens with zero attached hydrogens (tertiary/aromatic N) is 6. The van der Waals surface area contributed by atoms with E-state index in [0.717, 1.165) is 254 Å². The molecule has 25 rings (SSSR count). The predicted molar refractivity (Wildman–Crippen MR) is 590 cm³/mol. The van der Waals surface area contributed by atoms with E-state index in [9.17, 15) is 14.5 Å². The number of hydrogen-bond acceptors (Lipinski definition) is 7. The first-order chi connectivity index (χ1) is 69.4. The summed E-state index contributed by atoms with van der Waals surface area (Å²) in [6.07, 6.45) is 4.01. The lowest BCUT2D eigenvalue weighted by atomic mass is 10.0. The van der Waals surface area contributed by atoms with Crippen molar-refractivity contribution in [2.75, 3.05) is 0 Å². The summed E-state index contributed by atoms with van der Waals surface area (Å²) in [6, 6.07) is 125. The molecular formula is C118H84Br4ClFN16O2. The number of non-ortho nitro benzene ring substituents is 1. The summed E-state index contributed by atoms with van der Waals surface area (Å²) in [7, 11) is 0. The number of fused-ring (bicyclic) bond motifs is 5. The number of nitro groups is 1. The van der Waals surface area contributed by atoms with Gasteiger partial charge >= 0.3 is 0 Å². The lowest BCUT2D eigenvalue weighted by molar-refractivity contribution is -0.384. The SMILES string of the molecule is Brc1ccc(-c2[nH]c(-c3c[nH]c4ccc(Br)cc34)nc2-c2ccccc2)cc1.Cc1[nH]c2ccccc2c1-c1nc(-c2ccccc2)c(-c2ccc(Br)cc2)[nH]1.Cc1[nH]c2ccccc2c1-c1nc(-c2ccccc2)c(-c2ccc(F)cc2)[nH]1.Cc1[nH]c2ccccc2c1-c1nc(-c2ccccc2)c(-c2ccc([N+](=O)[O-])cc2)[nH]1.Clc1ccc(-c2[nH]c(-c3c[nH]c4ccc(Br)cc34)nc2-c2ccccc2)cc1. The molecule has 0 aliphatic rings. The Morgan fingerprint density at radius 1 is 0.268 bits per heavy atom. The molecule has 0 aliphatic carbocycles. The van der Waals surface area contributed by atoms with E-state index < -0.39 is 4.92 Å². The van der Waals surface area contributed by atoms with Crippen LogP contribution in [-0.2, 0) is 0 Å². The summed E-state index contributed by atoms with van der Waals surface area (Å²) in [5.41, 5.74) is 33.4. The van der Waals surface area contributed by atoms with Crippen LogP contribution in [0.15, 0.2) is 412 Å². The minimum atomic E-state index is -0.393. The number of halogens is 6. The topological polar surface area (TPSA) is 265 Å². The average Bonchev–Trinajstić information content (AvgIpc) is 1.67. The monoisotopic (exact) mass is 2130 g/mol. The molecule has 0 atom stereocenters. The number of H-pyrrole nitrogens is 10. The van der Waals surface area contributed by atoms with Gasteiger partial charge in [-0.2, -0.15) is 0 Å². The normalized spacial score (nSPS) is 11.2. The third kappa shape index (κ3) is 19.3. The van der Waals surface area contributed by atoms with E-state index in [0.29, 0.717) is 5.02 Å². The van der Waals surface area contributed by atoms with Gasteiger partial charge < -0.3 is 49.8 Å². The molecule has 0 saturated carbocycles. The maximum Gasteiger partial charge on any atom is 0.269 e. The van der Waals surface area contributed by atoms with E-state index in [2.05, 4.69) is 261 Å². The first kappa shape index (κ1) is 92.0. The number of aromatic amines is 10. The van der Waals surface area contributed by atoms with Gasteiger partial charge in [-0.1, -0.05) is 318 Å². The third-order valence-corrected chi connectivity index (χ3v) is 27.1. The smallest absolute Gasteiger partial charge is 0.269 e. The van der Waals surface area contributed by atoms with Crippen molar-refractivity contribution in [2.24, 2.45) is 0 Å². The van der Waals surface area contributed by atoms with Crippen LogP contribution in [0.3, 0.4) is 0 Å². The molecule has 18 nitrogen and oxygen atoms in total. The lowest BCUT2D eigenvalue weighted by Gasteiger charge is -2.03. The zero-order valence-electron chi connectivity index (χ0n) is 76.3. The van der Waals surface area contributed by atoms with Crippen LogP contribution in [0.1, 0.15) is 17.1 Å². The first-order valence-corrected chi connectivity index (χ1v) is 49.3. The highest BCUT2D eigenvalue weighted by Gasteiger charge is 2.27. The van der Waals surface area contributed by atoms with Gasteiger partial charge in [-0.3, -0.25) is 10.1 Å². The maximum atomic E-state index is 13.5. The molecule has 0 aliphatic heterocycles. The Kier molecular flexibility index (Phi) is 26.3. The molecule has 15 aromatic carbocycles. The fourth-order valence-corrected chi connectivity index (χ4v) is 19.5. The van der Waals surface area contributed by atoms with Crippen LogP contribution in [0.2, 0.25) is 5.02 Å². The molecule has 25 aromatic rings. The minimum Gasteiger partial charge on any atom is -0.360 e. The van der Waals surface area contributed by atoms with Crippen LogP contribution in [0.5, 0.6) is 0 Å². The number of para-hydroxylation sites is 3. The van der Waals surface area contributed by atoms with Gasteiger partial charge in [-0.05, 0) is 148 Å². The third-order valence-electron chi connectivity index (χ3n) is 24.8. The number of aromatic nitrogens is 15. The fourth-order valence-electron chi connectivity index (χ4n) is 18.1. The molecular weight excluding hydrogens is 2050 g/mol. The fraction of sp³-hybridized carbons (Fsp3) is 0.0254. The van der Waals surface area contributed by atoms with E-state index in [1.165, 1.54) is 29.7 Å². The number of aryl methyl sites for hydroxylation is 3. The highest BCUT2D eigenvalue weighted by molar-refractivity contribution is 9.11. The lowest BCUT2D eigenvalue weighted by Crippen LogP contribution is -1.88. The Labute approximate surface area is 853 Å². The summed E-state index contributed by atoms with van der Waals surface area (Å²) >= 11 is 20.3. The molecule has 0 unspecified atom stereocenters. The number of nitrogens with one attached hydrogen (secondary N) is 10. The van der Waals surface area contributed by atoms with Crippen molar-refractivity contribution in [3.8, 4) is 170 Å². The van der Waals surface area contributed by atoms with Crippen LogP contribution in [0, 0.1) is 36.7 Å².